The minimum Gasteiger partial charge on any atom is -0.360 e. The van der Waals surface area contributed by atoms with E-state index < -0.39 is 0 Å². The predicted octanol–water partition coefficient (Wildman–Crippen LogP) is 0.613. The summed E-state index contributed by atoms with van der Waals surface area (Å²) >= 11 is 0. The molecule has 1 aliphatic heterocycles. The highest BCUT2D eigenvalue weighted by Gasteiger charge is 2.35. The third-order valence-corrected chi connectivity index (χ3v) is 4.01. The molecule has 0 bridgehead atoms. The lowest BCUT2D eigenvalue weighted by molar-refractivity contribution is -0.120. The number of nitrogens with one attached hydrogen (secondary N) is 1. The first-order valence-corrected chi connectivity index (χ1v) is 7.69. The highest BCUT2D eigenvalue weighted by Crippen LogP contribution is 2.28. The zero-order valence-electron chi connectivity index (χ0n) is 13.3. The molecule has 4 heterocycles. The summed E-state index contributed by atoms with van der Waals surface area (Å²) in [6.07, 6.45) is 1.50. The Hall–Kier alpha value is -3.04. The van der Waals surface area contributed by atoms with Crippen LogP contribution in [-0.2, 0) is 11.3 Å². The fourth-order valence-corrected chi connectivity index (χ4v) is 2.70. The van der Waals surface area contributed by atoms with Crippen molar-refractivity contribution in [1.29, 1.82) is 0 Å². The molecule has 1 fully saturated rings. The van der Waals surface area contributed by atoms with Gasteiger partial charge in [-0.05, 0) is 13.8 Å². The zero-order valence-corrected chi connectivity index (χ0v) is 13.3. The van der Waals surface area contributed by atoms with E-state index in [9.17, 15) is 4.79 Å². The lowest BCUT2D eigenvalue weighted by Crippen LogP contribution is -2.52. The maximum atomic E-state index is 12.2. The van der Waals surface area contributed by atoms with Crippen LogP contribution in [0.15, 0.2) is 16.9 Å². The second-order valence-corrected chi connectivity index (χ2v) is 5.69. The number of nitrogens with zero attached hydrogens (tertiary/aromatic N) is 7. The molecule has 3 aromatic rings. The van der Waals surface area contributed by atoms with E-state index in [1.165, 1.54) is 6.33 Å². The molecule has 24 heavy (non-hydrogen) atoms. The molecule has 0 aromatic carbocycles. The summed E-state index contributed by atoms with van der Waals surface area (Å²) in [5, 5.41) is 14.7. The zero-order chi connectivity index (χ0) is 16.7. The molecule has 124 valence electrons. The molecule has 0 atom stereocenters. The SMILES string of the molecule is CCn1nnc2c(N3CC(C(=O)Nc4cc(C)on4)C3)ncnc21. The summed E-state index contributed by atoms with van der Waals surface area (Å²) in [7, 11) is 0. The van der Waals surface area contributed by atoms with E-state index in [1.54, 1.807) is 17.7 Å². The van der Waals surface area contributed by atoms with Crippen LogP contribution in [0, 0.1) is 12.8 Å². The van der Waals surface area contributed by atoms with Gasteiger partial charge in [-0.3, -0.25) is 4.79 Å². The second-order valence-electron chi connectivity index (χ2n) is 5.69. The first-order chi connectivity index (χ1) is 11.7. The summed E-state index contributed by atoms with van der Waals surface area (Å²) in [5.74, 6) is 1.59. The fraction of sp³-hybridized carbons (Fsp3) is 0.429. The van der Waals surface area contributed by atoms with Gasteiger partial charge in [0.25, 0.3) is 0 Å². The fourth-order valence-electron chi connectivity index (χ4n) is 2.70. The molecule has 0 saturated carbocycles. The number of fused-ring (bicyclic) bond motifs is 1. The third-order valence-electron chi connectivity index (χ3n) is 4.01. The summed E-state index contributed by atoms with van der Waals surface area (Å²) in [6.45, 7) is 5.57. The number of amides is 1. The van der Waals surface area contributed by atoms with E-state index in [1.807, 2.05) is 11.8 Å². The van der Waals surface area contributed by atoms with E-state index in [0.29, 0.717) is 48.2 Å². The van der Waals surface area contributed by atoms with E-state index >= 15 is 0 Å². The van der Waals surface area contributed by atoms with Crippen molar-refractivity contribution >= 4 is 28.7 Å². The highest BCUT2D eigenvalue weighted by atomic mass is 16.5. The molecule has 0 radical (unpaired) electrons. The van der Waals surface area contributed by atoms with Gasteiger partial charge in [0.1, 0.15) is 12.1 Å². The van der Waals surface area contributed by atoms with Crippen LogP contribution in [0.2, 0.25) is 0 Å². The maximum Gasteiger partial charge on any atom is 0.232 e. The molecule has 4 rings (SSSR count). The van der Waals surface area contributed by atoms with Crippen LogP contribution in [0.4, 0.5) is 11.6 Å². The highest BCUT2D eigenvalue weighted by molar-refractivity contribution is 5.94. The third kappa shape index (κ3) is 2.36. The van der Waals surface area contributed by atoms with Gasteiger partial charge in [0.05, 0.1) is 5.92 Å². The molecular weight excluding hydrogens is 312 g/mol. The van der Waals surface area contributed by atoms with Crippen molar-refractivity contribution in [3.05, 3.63) is 18.2 Å². The topological polar surface area (TPSA) is 115 Å². The van der Waals surface area contributed by atoms with E-state index in [2.05, 4.69) is 30.8 Å². The van der Waals surface area contributed by atoms with E-state index in [0.717, 1.165) is 0 Å². The maximum absolute atomic E-state index is 12.2. The lowest BCUT2D eigenvalue weighted by atomic mass is 9.99. The van der Waals surface area contributed by atoms with Crippen LogP contribution >= 0.6 is 0 Å². The predicted molar refractivity (Wildman–Crippen MR) is 84.4 cm³/mol. The van der Waals surface area contributed by atoms with Gasteiger partial charge in [0.15, 0.2) is 22.8 Å². The van der Waals surface area contributed by atoms with Gasteiger partial charge in [-0.15, -0.1) is 5.10 Å². The number of aryl methyl sites for hydroxylation is 2. The number of carbonyl (C=O) groups is 1. The molecule has 1 amide bonds. The molecular formula is C14H16N8O2. The van der Waals surface area contributed by atoms with Gasteiger partial charge < -0.3 is 14.7 Å². The molecule has 1 aliphatic rings. The average molecular weight is 328 g/mol. The minimum atomic E-state index is -0.131. The number of hydrogen-bond donors (Lipinski definition) is 1. The van der Waals surface area contributed by atoms with Crippen LogP contribution < -0.4 is 10.2 Å². The van der Waals surface area contributed by atoms with Crippen LogP contribution in [0.25, 0.3) is 11.2 Å². The van der Waals surface area contributed by atoms with Crippen molar-refractivity contribution in [3.8, 4) is 0 Å². The second kappa shape index (κ2) is 5.55. The molecule has 0 unspecified atom stereocenters. The normalized spacial score (nSPS) is 14.8. The quantitative estimate of drug-likeness (QED) is 0.741. The molecule has 10 nitrogen and oxygen atoms in total. The summed E-state index contributed by atoms with van der Waals surface area (Å²) < 4.78 is 6.66. The molecule has 0 aliphatic carbocycles. The van der Waals surface area contributed by atoms with E-state index in [-0.39, 0.29) is 11.8 Å². The molecule has 1 N–H and O–H groups in total. The van der Waals surface area contributed by atoms with Crippen molar-refractivity contribution in [3.63, 3.8) is 0 Å². The lowest BCUT2D eigenvalue weighted by Gasteiger charge is -2.38. The van der Waals surface area contributed by atoms with Crippen LogP contribution in [-0.4, -0.2) is 49.1 Å². The molecule has 1 saturated heterocycles. The van der Waals surface area contributed by atoms with Gasteiger partial charge >= 0.3 is 0 Å². The van der Waals surface area contributed by atoms with Crippen molar-refractivity contribution < 1.29 is 9.32 Å². The Labute approximate surface area is 136 Å². The van der Waals surface area contributed by atoms with Crippen molar-refractivity contribution in [2.45, 2.75) is 20.4 Å². The van der Waals surface area contributed by atoms with Gasteiger partial charge in [-0.1, -0.05) is 10.4 Å². The standard InChI is InChI=1S/C14H16N8O2/c1-3-22-13-11(18-20-22)12(15-7-16-13)21-5-9(6-21)14(23)17-10-4-8(2)24-19-10/h4,7,9H,3,5-6H2,1-2H3,(H,17,19,23). The summed E-state index contributed by atoms with van der Waals surface area (Å²) in [5.41, 5.74) is 1.36. The first-order valence-electron chi connectivity index (χ1n) is 7.69. The Morgan fingerprint density at radius 3 is 2.96 bits per heavy atom. The number of hydrogen-bond acceptors (Lipinski definition) is 8. The van der Waals surface area contributed by atoms with Gasteiger partial charge in [-0.2, -0.15) is 0 Å². The molecule has 0 spiro atoms. The smallest absolute Gasteiger partial charge is 0.232 e. The van der Waals surface area contributed by atoms with Gasteiger partial charge in [0, 0.05) is 25.7 Å². The Balaban J connectivity index is 1.46. The van der Waals surface area contributed by atoms with Crippen LogP contribution in [0.3, 0.4) is 0 Å². The molecule has 10 heteroatoms. The van der Waals surface area contributed by atoms with Gasteiger partial charge in [0.2, 0.25) is 5.91 Å². The van der Waals surface area contributed by atoms with Crippen LogP contribution in [0.5, 0.6) is 0 Å². The number of carbonyl (C=O) groups excluding carboxylic acids is 1. The van der Waals surface area contributed by atoms with Gasteiger partial charge in [-0.25, -0.2) is 14.6 Å². The summed E-state index contributed by atoms with van der Waals surface area (Å²) in [6, 6.07) is 1.69. The minimum absolute atomic E-state index is 0.0814. The number of aromatic nitrogens is 6. The van der Waals surface area contributed by atoms with Crippen molar-refractivity contribution in [2.24, 2.45) is 5.92 Å². The van der Waals surface area contributed by atoms with Crippen molar-refractivity contribution in [1.82, 2.24) is 30.1 Å². The van der Waals surface area contributed by atoms with E-state index in [4.69, 9.17) is 4.52 Å². The average Bonchev–Trinajstić information content (AvgIpc) is 3.12. The molecule has 3 aromatic heterocycles. The Kier molecular flexibility index (Phi) is 3.36. The number of rotatable bonds is 4. The Morgan fingerprint density at radius 2 is 2.25 bits per heavy atom. The first kappa shape index (κ1) is 14.5. The van der Waals surface area contributed by atoms with Crippen LogP contribution in [0.1, 0.15) is 12.7 Å². The Morgan fingerprint density at radius 1 is 1.42 bits per heavy atom. The Bertz CT molecular complexity index is 895. The summed E-state index contributed by atoms with van der Waals surface area (Å²) in [4.78, 5) is 22.7. The largest absolute Gasteiger partial charge is 0.360 e. The monoisotopic (exact) mass is 328 g/mol. The van der Waals surface area contributed by atoms with Crippen molar-refractivity contribution in [2.75, 3.05) is 23.3 Å². The number of anilines is 2.